The fourth-order valence-corrected chi connectivity index (χ4v) is 4.90. The van der Waals surface area contributed by atoms with Gasteiger partial charge in [0.1, 0.15) is 18.2 Å². The summed E-state index contributed by atoms with van der Waals surface area (Å²) in [4.78, 5) is 55.7. The van der Waals surface area contributed by atoms with Crippen molar-refractivity contribution in [2.45, 2.75) is 42.7 Å². The molecule has 0 aromatic heterocycles. The summed E-state index contributed by atoms with van der Waals surface area (Å²) >= 11 is 0. The van der Waals surface area contributed by atoms with Crippen molar-refractivity contribution in [3.05, 3.63) is 118 Å². The highest BCUT2D eigenvalue weighted by atomic mass is 16.7. The predicted molar refractivity (Wildman–Crippen MR) is 158 cm³/mol. The average Bonchev–Trinajstić information content (AvgIpc) is 3.11. The van der Waals surface area contributed by atoms with Crippen LogP contribution in [0.3, 0.4) is 0 Å². The van der Waals surface area contributed by atoms with E-state index in [2.05, 4.69) is 10.0 Å². The number of aliphatic hydroxyl groups is 1. The first-order valence-electron chi connectivity index (χ1n) is 14.0. The average molecular weight is 634 g/mol. The molecule has 4 rings (SSSR count). The van der Waals surface area contributed by atoms with Crippen LogP contribution in [0.5, 0.6) is 0 Å². The lowest BCUT2D eigenvalue weighted by atomic mass is 9.88. The maximum absolute atomic E-state index is 13.4. The molecule has 0 amide bonds. The van der Waals surface area contributed by atoms with Gasteiger partial charge in [0.25, 0.3) is 5.79 Å². The Kier molecular flexibility index (Phi) is 11.4. The molecule has 0 aliphatic carbocycles. The van der Waals surface area contributed by atoms with Crippen LogP contribution in [0.2, 0.25) is 0 Å². The number of methoxy groups -OCH3 is 2. The topological polar surface area (TPSA) is 193 Å². The van der Waals surface area contributed by atoms with Crippen molar-refractivity contribution in [1.82, 2.24) is 0 Å². The van der Waals surface area contributed by atoms with Gasteiger partial charge in [-0.1, -0.05) is 59.7 Å². The molecule has 3 aromatic carbocycles. The summed E-state index contributed by atoms with van der Waals surface area (Å²) in [5.41, 5.74) is 9.91. The van der Waals surface area contributed by atoms with Gasteiger partial charge in [-0.2, -0.15) is 0 Å². The number of carbonyl (C=O) groups is 4. The van der Waals surface area contributed by atoms with Gasteiger partial charge in [0.15, 0.2) is 12.2 Å². The Morgan fingerprint density at radius 3 is 1.83 bits per heavy atom. The van der Waals surface area contributed by atoms with Crippen LogP contribution < -0.4 is 0 Å². The van der Waals surface area contributed by atoms with Gasteiger partial charge in [0.2, 0.25) is 0 Å². The van der Waals surface area contributed by atoms with Gasteiger partial charge in [-0.15, -0.1) is 0 Å². The third-order valence-corrected chi connectivity index (χ3v) is 7.18. The Balaban J connectivity index is 1.82. The standard InChI is InChI=1S/C32H31N3O11/c1-41-31(40)32(42-2)18-23(43-28(37)20-12-6-3-7-13-20)25(34-35-33)27(46-32)26(45-30(39)22-16-10-5-11-17-22)24(19-36)44-29(38)21-14-8-4-9-15-21/h3-17,23-27,36H,18-19H2,1-2H3/t23-,24+,25+,26+,27+,32-/m0/s1. The molecule has 3 aromatic rings. The fourth-order valence-electron chi connectivity index (χ4n) is 4.90. The quantitative estimate of drug-likeness (QED) is 0.101. The molecule has 1 aliphatic rings. The summed E-state index contributed by atoms with van der Waals surface area (Å²) in [5, 5.41) is 14.3. The van der Waals surface area contributed by atoms with Gasteiger partial charge in [-0.05, 0) is 41.9 Å². The maximum atomic E-state index is 13.4. The largest absolute Gasteiger partial charge is 0.465 e. The Bertz CT molecular complexity index is 1550. The van der Waals surface area contributed by atoms with Crippen molar-refractivity contribution in [3.63, 3.8) is 0 Å². The summed E-state index contributed by atoms with van der Waals surface area (Å²) in [5.74, 6) is -6.02. The second-order valence-electron chi connectivity index (χ2n) is 9.97. The van der Waals surface area contributed by atoms with Crippen molar-refractivity contribution in [3.8, 4) is 0 Å². The Hall–Kier alpha value is -5.27. The van der Waals surface area contributed by atoms with E-state index in [1.807, 2.05) is 0 Å². The molecule has 46 heavy (non-hydrogen) atoms. The van der Waals surface area contributed by atoms with Crippen molar-refractivity contribution in [2.24, 2.45) is 5.11 Å². The molecule has 1 aliphatic heterocycles. The van der Waals surface area contributed by atoms with Crippen molar-refractivity contribution >= 4 is 23.9 Å². The van der Waals surface area contributed by atoms with Crippen LogP contribution in [-0.4, -0.2) is 86.1 Å². The molecule has 1 fully saturated rings. The summed E-state index contributed by atoms with van der Waals surface area (Å²) in [7, 11) is 2.19. The van der Waals surface area contributed by atoms with Crippen LogP contribution >= 0.6 is 0 Å². The number of nitrogens with zero attached hydrogens (tertiary/aromatic N) is 3. The third-order valence-electron chi connectivity index (χ3n) is 7.18. The minimum absolute atomic E-state index is 0.0766. The predicted octanol–water partition coefficient (Wildman–Crippen LogP) is 3.64. The number of aliphatic hydroxyl groups excluding tert-OH is 1. The molecule has 6 atom stereocenters. The summed E-state index contributed by atoms with van der Waals surface area (Å²) in [6.45, 7) is -0.916. The molecular formula is C32H31N3O11. The van der Waals surface area contributed by atoms with Gasteiger partial charge in [0, 0.05) is 12.0 Å². The van der Waals surface area contributed by atoms with Crippen LogP contribution in [0, 0.1) is 0 Å². The molecule has 0 bridgehead atoms. The molecule has 1 heterocycles. The second kappa shape index (κ2) is 15.6. The monoisotopic (exact) mass is 633 g/mol. The molecule has 14 heteroatoms. The highest BCUT2D eigenvalue weighted by Crippen LogP contribution is 2.38. The zero-order valence-electron chi connectivity index (χ0n) is 24.8. The molecule has 0 radical (unpaired) electrons. The van der Waals surface area contributed by atoms with E-state index in [-0.39, 0.29) is 16.7 Å². The summed E-state index contributed by atoms with van der Waals surface area (Å²) < 4.78 is 33.6. The number of carbonyl (C=O) groups excluding carboxylic acids is 4. The molecule has 1 saturated heterocycles. The minimum Gasteiger partial charge on any atom is -0.465 e. The van der Waals surface area contributed by atoms with Crippen molar-refractivity contribution in [2.75, 3.05) is 20.8 Å². The van der Waals surface area contributed by atoms with Crippen LogP contribution in [-0.2, 0) is 33.2 Å². The highest BCUT2D eigenvalue weighted by molar-refractivity contribution is 5.91. The number of ether oxygens (including phenoxy) is 6. The summed E-state index contributed by atoms with van der Waals surface area (Å²) in [6, 6.07) is 21.9. The number of hydrogen-bond donors (Lipinski definition) is 1. The first-order chi connectivity index (χ1) is 22.3. The second-order valence-corrected chi connectivity index (χ2v) is 9.97. The molecular weight excluding hydrogens is 602 g/mol. The van der Waals surface area contributed by atoms with E-state index in [0.717, 1.165) is 14.2 Å². The molecule has 1 N–H and O–H groups in total. The molecule has 0 unspecified atom stereocenters. The number of hydrogen-bond acceptors (Lipinski definition) is 12. The minimum atomic E-state index is -2.29. The molecule has 0 saturated carbocycles. The Labute approximate surface area is 263 Å². The molecule has 240 valence electrons. The van der Waals surface area contributed by atoms with Crippen LogP contribution in [0.25, 0.3) is 10.4 Å². The fraction of sp³-hybridized carbons (Fsp3) is 0.312. The smallest absolute Gasteiger partial charge is 0.366 e. The third kappa shape index (κ3) is 7.68. The van der Waals surface area contributed by atoms with Gasteiger partial charge in [0.05, 0.1) is 36.8 Å². The van der Waals surface area contributed by atoms with Gasteiger partial charge >= 0.3 is 23.9 Å². The number of benzene rings is 3. The molecule has 0 spiro atoms. The zero-order chi connectivity index (χ0) is 33.1. The van der Waals surface area contributed by atoms with E-state index in [1.165, 1.54) is 36.4 Å². The lowest BCUT2D eigenvalue weighted by Gasteiger charge is -2.46. The van der Waals surface area contributed by atoms with E-state index in [9.17, 15) is 29.8 Å². The van der Waals surface area contributed by atoms with Gasteiger partial charge < -0.3 is 33.5 Å². The van der Waals surface area contributed by atoms with Gasteiger partial charge in [-0.3, -0.25) is 0 Å². The first kappa shape index (κ1) is 33.6. The van der Waals surface area contributed by atoms with E-state index >= 15 is 0 Å². The van der Waals surface area contributed by atoms with E-state index in [0.29, 0.717) is 0 Å². The van der Waals surface area contributed by atoms with E-state index in [1.54, 1.807) is 54.6 Å². The lowest BCUT2D eigenvalue weighted by Crippen LogP contribution is -2.65. The number of esters is 4. The highest BCUT2D eigenvalue weighted by Gasteiger charge is 2.58. The van der Waals surface area contributed by atoms with Crippen LogP contribution in [0.15, 0.2) is 96.1 Å². The molecule has 14 nitrogen and oxygen atoms in total. The van der Waals surface area contributed by atoms with Crippen LogP contribution in [0.4, 0.5) is 0 Å². The van der Waals surface area contributed by atoms with Crippen molar-refractivity contribution < 1.29 is 52.7 Å². The normalized spacial score (nSPS) is 21.8. The number of rotatable bonds is 12. The first-order valence-corrected chi connectivity index (χ1v) is 14.0. The van der Waals surface area contributed by atoms with Crippen molar-refractivity contribution in [1.29, 1.82) is 0 Å². The van der Waals surface area contributed by atoms with E-state index in [4.69, 9.17) is 28.4 Å². The SMILES string of the molecule is COC(=O)[C@]1(OC)C[C@H](OC(=O)c2ccccc2)[C@@H](N=[N+]=[N-])[C@H]([C@H](OC(=O)c2ccccc2)[C@@H](CO)OC(=O)c2ccccc2)O1. The lowest BCUT2D eigenvalue weighted by molar-refractivity contribution is -0.301. The zero-order valence-corrected chi connectivity index (χ0v) is 24.8. The Morgan fingerprint density at radius 2 is 1.37 bits per heavy atom. The van der Waals surface area contributed by atoms with E-state index < -0.39 is 73.1 Å². The maximum Gasteiger partial charge on any atom is 0.366 e. The number of azide groups is 1. The summed E-state index contributed by atoms with van der Waals surface area (Å²) in [6.07, 6.45) is -7.09. The van der Waals surface area contributed by atoms with Crippen LogP contribution in [0.1, 0.15) is 37.5 Å². The van der Waals surface area contributed by atoms with Gasteiger partial charge in [-0.25, -0.2) is 19.2 Å². The Morgan fingerprint density at radius 1 is 0.870 bits per heavy atom.